The maximum absolute atomic E-state index is 6.31. The predicted molar refractivity (Wildman–Crippen MR) is 85.0 cm³/mol. The van der Waals surface area contributed by atoms with Gasteiger partial charge >= 0.3 is 0 Å². The Bertz CT molecular complexity index is 569. The minimum Gasteiger partial charge on any atom is -0.497 e. The smallest absolute Gasteiger partial charge is 0.118 e. The predicted octanol–water partition coefficient (Wildman–Crippen LogP) is 4.70. The number of hydrogen-bond donors (Lipinski definition) is 1. The summed E-state index contributed by atoms with van der Waals surface area (Å²) >= 11 is 12.4. The third-order valence-electron chi connectivity index (χ3n) is 3.13. The van der Waals surface area contributed by atoms with Crippen molar-refractivity contribution in [1.82, 2.24) is 5.32 Å². The Morgan fingerprint density at radius 1 is 1.10 bits per heavy atom. The maximum Gasteiger partial charge on any atom is 0.118 e. The molecular weight excluding hydrogens is 293 g/mol. The van der Waals surface area contributed by atoms with Gasteiger partial charge in [-0.15, -0.1) is 0 Å². The van der Waals surface area contributed by atoms with Crippen LogP contribution in [0.15, 0.2) is 42.5 Å². The zero-order valence-corrected chi connectivity index (χ0v) is 13.0. The van der Waals surface area contributed by atoms with Crippen LogP contribution in [-0.2, 0) is 0 Å². The lowest BCUT2D eigenvalue weighted by Gasteiger charge is -2.20. The first-order valence-electron chi connectivity index (χ1n) is 6.48. The van der Waals surface area contributed by atoms with E-state index in [0.717, 1.165) is 23.4 Å². The van der Waals surface area contributed by atoms with Crippen molar-refractivity contribution in [2.45, 2.75) is 13.0 Å². The van der Waals surface area contributed by atoms with Gasteiger partial charge < -0.3 is 10.1 Å². The molecule has 0 spiro atoms. The van der Waals surface area contributed by atoms with Crippen LogP contribution in [0.2, 0.25) is 10.0 Å². The van der Waals surface area contributed by atoms with Crippen LogP contribution < -0.4 is 10.1 Å². The van der Waals surface area contributed by atoms with Crippen molar-refractivity contribution < 1.29 is 4.74 Å². The fourth-order valence-corrected chi connectivity index (χ4v) is 2.55. The van der Waals surface area contributed by atoms with Crippen molar-refractivity contribution in [3.8, 4) is 5.75 Å². The lowest BCUT2D eigenvalue weighted by molar-refractivity contribution is 0.414. The number of nitrogens with one attached hydrogen (secondary N) is 1. The Morgan fingerprint density at radius 2 is 1.80 bits per heavy atom. The number of halogens is 2. The fourth-order valence-electron chi connectivity index (χ4n) is 2.14. The normalized spacial score (nSPS) is 12.2. The number of hydrogen-bond acceptors (Lipinski definition) is 2. The summed E-state index contributed by atoms with van der Waals surface area (Å²) in [6.07, 6.45) is 0. The molecule has 0 aliphatic rings. The average molecular weight is 310 g/mol. The highest BCUT2D eigenvalue weighted by Crippen LogP contribution is 2.31. The van der Waals surface area contributed by atoms with Crippen LogP contribution in [0.3, 0.4) is 0 Å². The van der Waals surface area contributed by atoms with Gasteiger partial charge in [0.2, 0.25) is 0 Å². The van der Waals surface area contributed by atoms with Crippen LogP contribution in [0, 0.1) is 0 Å². The Kier molecular flexibility index (Phi) is 5.30. The lowest BCUT2D eigenvalue weighted by atomic mass is 9.98. The molecule has 20 heavy (non-hydrogen) atoms. The highest BCUT2D eigenvalue weighted by Gasteiger charge is 2.16. The topological polar surface area (TPSA) is 21.3 Å². The molecule has 106 valence electrons. The SMILES string of the molecule is CCNC(c1ccc(OC)cc1)c1cc(Cl)ccc1Cl. The number of benzene rings is 2. The van der Waals surface area contributed by atoms with Crippen molar-refractivity contribution in [1.29, 1.82) is 0 Å². The molecule has 2 nitrogen and oxygen atoms in total. The van der Waals surface area contributed by atoms with Gasteiger partial charge in [-0.25, -0.2) is 0 Å². The average Bonchev–Trinajstić information content (AvgIpc) is 2.48. The van der Waals surface area contributed by atoms with Gasteiger partial charge in [-0.2, -0.15) is 0 Å². The van der Waals surface area contributed by atoms with Crippen molar-refractivity contribution in [2.24, 2.45) is 0 Å². The molecule has 0 heterocycles. The van der Waals surface area contributed by atoms with E-state index in [9.17, 15) is 0 Å². The zero-order valence-electron chi connectivity index (χ0n) is 11.5. The molecule has 4 heteroatoms. The number of rotatable bonds is 5. The Morgan fingerprint density at radius 3 is 2.40 bits per heavy atom. The van der Waals surface area contributed by atoms with E-state index in [1.165, 1.54) is 0 Å². The van der Waals surface area contributed by atoms with Crippen molar-refractivity contribution in [3.05, 3.63) is 63.6 Å². The minimum absolute atomic E-state index is 0.0112. The minimum atomic E-state index is 0.0112. The van der Waals surface area contributed by atoms with Gasteiger partial charge in [0.15, 0.2) is 0 Å². The van der Waals surface area contributed by atoms with Crippen molar-refractivity contribution in [3.63, 3.8) is 0 Å². The Balaban J connectivity index is 2.41. The summed E-state index contributed by atoms with van der Waals surface area (Å²) < 4.78 is 5.19. The van der Waals surface area contributed by atoms with E-state index in [-0.39, 0.29) is 6.04 Å². The van der Waals surface area contributed by atoms with E-state index in [4.69, 9.17) is 27.9 Å². The lowest BCUT2D eigenvalue weighted by Crippen LogP contribution is -2.22. The summed E-state index contributed by atoms with van der Waals surface area (Å²) in [6.45, 7) is 2.90. The van der Waals surface area contributed by atoms with Crippen molar-refractivity contribution in [2.75, 3.05) is 13.7 Å². The first kappa shape index (κ1) is 15.2. The van der Waals surface area contributed by atoms with Gasteiger partial charge in [-0.3, -0.25) is 0 Å². The summed E-state index contributed by atoms with van der Waals surface area (Å²) in [5.74, 6) is 0.834. The van der Waals surface area contributed by atoms with Gasteiger partial charge in [-0.1, -0.05) is 42.3 Å². The van der Waals surface area contributed by atoms with Gasteiger partial charge in [-0.05, 0) is 48.0 Å². The van der Waals surface area contributed by atoms with Gasteiger partial charge in [0.1, 0.15) is 5.75 Å². The zero-order chi connectivity index (χ0) is 14.5. The van der Waals surface area contributed by atoms with Gasteiger partial charge in [0.25, 0.3) is 0 Å². The van der Waals surface area contributed by atoms with Crippen LogP contribution in [0.5, 0.6) is 5.75 Å². The number of ether oxygens (including phenoxy) is 1. The van der Waals surface area contributed by atoms with Crippen LogP contribution >= 0.6 is 23.2 Å². The molecule has 0 aliphatic heterocycles. The standard InChI is InChI=1S/C16H17Cl2NO/c1-3-19-16(11-4-7-13(20-2)8-5-11)14-10-12(17)6-9-15(14)18/h4-10,16,19H,3H2,1-2H3. The molecule has 0 aromatic heterocycles. The summed E-state index contributed by atoms with van der Waals surface area (Å²) in [6, 6.07) is 13.5. The van der Waals surface area contributed by atoms with E-state index in [1.807, 2.05) is 36.4 Å². The van der Waals surface area contributed by atoms with Crippen LogP contribution in [-0.4, -0.2) is 13.7 Å². The third-order valence-corrected chi connectivity index (χ3v) is 3.71. The molecule has 1 atom stereocenters. The molecule has 0 aliphatic carbocycles. The van der Waals surface area contributed by atoms with Crippen LogP contribution in [0.1, 0.15) is 24.1 Å². The molecule has 0 fully saturated rings. The van der Waals surface area contributed by atoms with Crippen LogP contribution in [0.25, 0.3) is 0 Å². The second kappa shape index (κ2) is 6.98. The molecule has 1 N–H and O–H groups in total. The van der Waals surface area contributed by atoms with E-state index < -0.39 is 0 Å². The Hall–Kier alpha value is -1.22. The molecular formula is C16H17Cl2NO. The molecule has 2 aromatic rings. The molecule has 0 saturated carbocycles. The second-order valence-electron chi connectivity index (χ2n) is 4.43. The van der Waals surface area contributed by atoms with Crippen molar-refractivity contribution >= 4 is 23.2 Å². The highest BCUT2D eigenvalue weighted by molar-refractivity contribution is 6.33. The molecule has 1 unspecified atom stereocenters. The molecule has 0 radical (unpaired) electrons. The maximum atomic E-state index is 6.31. The monoisotopic (exact) mass is 309 g/mol. The molecule has 0 saturated heterocycles. The fraction of sp³-hybridized carbons (Fsp3) is 0.250. The molecule has 0 bridgehead atoms. The van der Waals surface area contributed by atoms with Crippen LogP contribution in [0.4, 0.5) is 0 Å². The largest absolute Gasteiger partial charge is 0.497 e. The summed E-state index contributed by atoms with van der Waals surface area (Å²) in [7, 11) is 1.66. The quantitative estimate of drug-likeness (QED) is 0.864. The first-order chi connectivity index (χ1) is 9.65. The second-order valence-corrected chi connectivity index (χ2v) is 5.27. The molecule has 2 rings (SSSR count). The summed E-state index contributed by atoms with van der Waals surface area (Å²) in [5, 5.41) is 4.82. The third kappa shape index (κ3) is 3.45. The summed E-state index contributed by atoms with van der Waals surface area (Å²) in [5.41, 5.74) is 2.10. The highest BCUT2D eigenvalue weighted by atomic mass is 35.5. The molecule has 2 aromatic carbocycles. The molecule has 0 amide bonds. The van der Waals surface area contributed by atoms with E-state index in [1.54, 1.807) is 13.2 Å². The van der Waals surface area contributed by atoms with E-state index in [2.05, 4.69) is 12.2 Å². The first-order valence-corrected chi connectivity index (χ1v) is 7.23. The van der Waals surface area contributed by atoms with E-state index in [0.29, 0.717) is 10.0 Å². The van der Waals surface area contributed by atoms with Gasteiger partial charge in [0, 0.05) is 10.0 Å². The van der Waals surface area contributed by atoms with E-state index >= 15 is 0 Å². The Labute approximate surface area is 129 Å². The number of methoxy groups -OCH3 is 1. The summed E-state index contributed by atoms with van der Waals surface area (Å²) in [4.78, 5) is 0. The van der Waals surface area contributed by atoms with Gasteiger partial charge in [0.05, 0.1) is 13.2 Å².